The van der Waals surface area contributed by atoms with Crippen LogP contribution in [0.25, 0.3) is 0 Å². The van der Waals surface area contributed by atoms with Crippen molar-refractivity contribution in [1.29, 1.82) is 0 Å². The Hall–Kier alpha value is -2.33. The fourth-order valence-corrected chi connectivity index (χ4v) is 3.68. The van der Waals surface area contributed by atoms with Gasteiger partial charge >= 0.3 is 12.1 Å². The molecule has 0 spiro atoms. The molecule has 1 aromatic heterocycles. The number of benzene rings is 1. The van der Waals surface area contributed by atoms with Gasteiger partial charge in [-0.2, -0.15) is 18.3 Å². The minimum Gasteiger partial charge on any atom is -0.462 e. The Bertz CT molecular complexity index is 943. The molecule has 1 aliphatic rings. The van der Waals surface area contributed by atoms with E-state index >= 15 is 0 Å². The molecule has 0 bridgehead atoms. The topological polar surface area (TPSA) is 68.2 Å². The summed E-state index contributed by atoms with van der Waals surface area (Å²) >= 11 is 11.2. The number of anilines is 1. The molecule has 1 saturated carbocycles. The molecule has 2 N–H and O–H groups in total. The van der Waals surface area contributed by atoms with Crippen molar-refractivity contribution in [3.8, 4) is 0 Å². The number of aryl methyl sites for hydroxylation is 1. The number of alkyl halides is 3. The Morgan fingerprint density at radius 2 is 2.00 bits per heavy atom. The van der Waals surface area contributed by atoms with Gasteiger partial charge in [0.1, 0.15) is 0 Å². The first-order valence-corrected chi connectivity index (χ1v) is 10.6. The van der Waals surface area contributed by atoms with Gasteiger partial charge in [-0.3, -0.25) is 4.68 Å². The smallest absolute Gasteiger partial charge is 0.436 e. The Morgan fingerprint density at radius 1 is 1.32 bits per heavy atom. The lowest BCUT2D eigenvalue weighted by Gasteiger charge is -2.12. The molecule has 11 heteroatoms. The van der Waals surface area contributed by atoms with Crippen LogP contribution < -0.4 is 10.6 Å². The van der Waals surface area contributed by atoms with E-state index in [0.717, 1.165) is 12.8 Å². The number of carbonyl (C=O) groups is 1. The molecule has 31 heavy (non-hydrogen) atoms. The highest BCUT2D eigenvalue weighted by molar-refractivity contribution is 7.80. The first kappa shape index (κ1) is 23.3. The van der Waals surface area contributed by atoms with Crippen molar-refractivity contribution in [3.05, 3.63) is 46.2 Å². The van der Waals surface area contributed by atoms with Gasteiger partial charge in [-0.25, -0.2) is 4.79 Å². The van der Waals surface area contributed by atoms with Crippen LogP contribution in [0.1, 0.15) is 53.8 Å². The average molecular weight is 475 g/mol. The number of hydrogen-bond donors (Lipinski definition) is 2. The Morgan fingerprint density at radius 3 is 2.58 bits per heavy atom. The number of rotatable bonds is 8. The number of thiocarbonyl (C=S) groups is 1. The summed E-state index contributed by atoms with van der Waals surface area (Å²) in [4.78, 5) is 11.7. The predicted octanol–water partition coefficient (Wildman–Crippen LogP) is 4.99. The Kier molecular flexibility index (Phi) is 7.42. The van der Waals surface area contributed by atoms with Gasteiger partial charge in [-0.1, -0.05) is 11.6 Å². The lowest BCUT2D eigenvalue weighted by molar-refractivity contribution is -0.141. The molecule has 0 aliphatic heterocycles. The van der Waals surface area contributed by atoms with Crippen LogP contribution in [-0.4, -0.2) is 34.0 Å². The van der Waals surface area contributed by atoms with Crippen LogP contribution in [0.2, 0.25) is 5.02 Å². The number of carbonyl (C=O) groups excluding carboxylic acids is 1. The number of ether oxygens (including phenoxy) is 1. The summed E-state index contributed by atoms with van der Waals surface area (Å²) in [6, 6.07) is 6.66. The minimum atomic E-state index is -4.57. The van der Waals surface area contributed by atoms with Gasteiger partial charge in [0.05, 0.1) is 22.9 Å². The van der Waals surface area contributed by atoms with Crippen LogP contribution in [0, 0.1) is 0 Å². The molecule has 6 nitrogen and oxygen atoms in total. The minimum absolute atomic E-state index is 0.0457. The average Bonchev–Trinajstić information content (AvgIpc) is 3.48. The molecule has 1 fully saturated rings. The number of nitrogens with one attached hydrogen (secondary N) is 2. The van der Waals surface area contributed by atoms with E-state index in [1.807, 2.05) is 0 Å². The molecule has 3 rings (SSSR count). The molecule has 168 valence electrons. The molecule has 2 aromatic rings. The van der Waals surface area contributed by atoms with Crippen LogP contribution >= 0.6 is 23.8 Å². The molecule has 0 radical (unpaired) electrons. The SMILES string of the molecule is CCOC(=O)c1ccc(NC(=S)NCCCn2nc(C(F)(F)F)c(Cl)c2C2CC2)cc1. The van der Waals surface area contributed by atoms with Crippen molar-refractivity contribution in [2.24, 2.45) is 0 Å². The van der Waals surface area contributed by atoms with Crippen LogP contribution in [0.3, 0.4) is 0 Å². The highest BCUT2D eigenvalue weighted by atomic mass is 35.5. The summed E-state index contributed by atoms with van der Waals surface area (Å²) in [5.41, 5.74) is 0.577. The maximum atomic E-state index is 13.1. The third kappa shape index (κ3) is 6.10. The number of halogens is 4. The van der Waals surface area contributed by atoms with Gasteiger partial charge in [-0.15, -0.1) is 0 Å². The Labute approximate surface area is 188 Å². The van der Waals surface area contributed by atoms with Gasteiger partial charge in [0, 0.05) is 24.7 Å². The second-order valence-electron chi connectivity index (χ2n) is 7.08. The van der Waals surface area contributed by atoms with Crippen LogP contribution in [0.5, 0.6) is 0 Å². The maximum Gasteiger partial charge on any atom is 0.436 e. The molecular formula is C20H22ClF3N4O2S. The summed E-state index contributed by atoms with van der Waals surface area (Å²) in [5.74, 6) is -0.350. The summed E-state index contributed by atoms with van der Waals surface area (Å²) in [5, 5.41) is 9.78. The predicted molar refractivity (Wildman–Crippen MR) is 115 cm³/mol. The van der Waals surface area contributed by atoms with E-state index < -0.39 is 17.8 Å². The lowest BCUT2D eigenvalue weighted by atomic mass is 10.2. The zero-order chi connectivity index (χ0) is 22.6. The quantitative estimate of drug-likeness (QED) is 0.319. The number of aromatic nitrogens is 2. The number of esters is 1. The fourth-order valence-electron chi connectivity index (χ4n) is 3.06. The van der Waals surface area contributed by atoms with E-state index in [-0.39, 0.29) is 10.9 Å². The van der Waals surface area contributed by atoms with Crippen LogP contribution in [0.4, 0.5) is 18.9 Å². The van der Waals surface area contributed by atoms with E-state index in [1.165, 1.54) is 4.68 Å². The standard InChI is InChI=1S/C20H22ClF3N4O2S/c1-2-30-18(29)13-6-8-14(9-7-13)26-19(31)25-10-3-11-28-16(12-4-5-12)15(21)17(27-28)20(22,23)24/h6-9,12H,2-5,10-11H2,1H3,(H2,25,26,31). The largest absolute Gasteiger partial charge is 0.462 e. The van der Waals surface area contributed by atoms with Gasteiger partial charge in [-0.05, 0) is 62.7 Å². The van der Waals surface area contributed by atoms with Gasteiger partial charge < -0.3 is 15.4 Å². The number of hydrogen-bond acceptors (Lipinski definition) is 4. The zero-order valence-corrected chi connectivity index (χ0v) is 18.3. The highest BCUT2D eigenvalue weighted by Gasteiger charge is 2.41. The fraction of sp³-hybridized carbons (Fsp3) is 0.450. The molecule has 1 heterocycles. The second-order valence-corrected chi connectivity index (χ2v) is 7.86. The van der Waals surface area contributed by atoms with E-state index in [0.29, 0.717) is 48.2 Å². The van der Waals surface area contributed by atoms with Gasteiger partial charge in [0.15, 0.2) is 10.8 Å². The first-order chi connectivity index (χ1) is 14.7. The van der Waals surface area contributed by atoms with Crippen molar-refractivity contribution < 1.29 is 22.7 Å². The van der Waals surface area contributed by atoms with E-state index in [2.05, 4.69) is 15.7 Å². The lowest BCUT2D eigenvalue weighted by Crippen LogP contribution is -2.30. The van der Waals surface area contributed by atoms with Crippen molar-refractivity contribution >= 4 is 40.6 Å². The summed E-state index contributed by atoms with van der Waals surface area (Å²) < 4.78 is 45.6. The first-order valence-electron chi connectivity index (χ1n) is 9.86. The number of nitrogens with zero attached hydrogens (tertiary/aromatic N) is 2. The summed E-state index contributed by atoms with van der Waals surface area (Å²) in [6.45, 7) is 2.78. The van der Waals surface area contributed by atoms with Gasteiger partial charge in [0.2, 0.25) is 0 Å². The molecule has 0 saturated heterocycles. The maximum absolute atomic E-state index is 13.1. The molecule has 0 amide bonds. The third-order valence-corrected chi connectivity index (χ3v) is 5.27. The zero-order valence-electron chi connectivity index (χ0n) is 16.8. The van der Waals surface area contributed by atoms with Crippen LogP contribution in [-0.2, 0) is 17.5 Å². The summed E-state index contributed by atoms with van der Waals surface area (Å²) in [7, 11) is 0. The van der Waals surface area contributed by atoms with Crippen molar-refractivity contribution in [2.75, 3.05) is 18.5 Å². The van der Waals surface area contributed by atoms with Crippen molar-refractivity contribution in [2.45, 2.75) is 44.8 Å². The molecule has 0 atom stereocenters. The molecular weight excluding hydrogens is 453 g/mol. The molecule has 0 unspecified atom stereocenters. The van der Waals surface area contributed by atoms with E-state index in [9.17, 15) is 18.0 Å². The molecule has 1 aromatic carbocycles. The molecule has 1 aliphatic carbocycles. The van der Waals surface area contributed by atoms with Crippen molar-refractivity contribution in [3.63, 3.8) is 0 Å². The second kappa shape index (κ2) is 9.86. The van der Waals surface area contributed by atoms with E-state index in [4.69, 9.17) is 28.6 Å². The van der Waals surface area contributed by atoms with Gasteiger partial charge in [0.25, 0.3) is 0 Å². The third-order valence-electron chi connectivity index (χ3n) is 4.65. The normalized spacial score (nSPS) is 13.7. The van der Waals surface area contributed by atoms with Crippen LogP contribution in [0.15, 0.2) is 24.3 Å². The highest BCUT2D eigenvalue weighted by Crippen LogP contribution is 2.46. The monoisotopic (exact) mass is 474 g/mol. The van der Waals surface area contributed by atoms with E-state index in [1.54, 1.807) is 31.2 Å². The van der Waals surface area contributed by atoms with Crippen molar-refractivity contribution in [1.82, 2.24) is 15.1 Å². The summed E-state index contributed by atoms with van der Waals surface area (Å²) in [6.07, 6.45) is -2.41. The Balaban J connectivity index is 1.49.